The van der Waals surface area contributed by atoms with Crippen LogP contribution in [-0.2, 0) is 4.79 Å². The summed E-state index contributed by atoms with van der Waals surface area (Å²) in [5.41, 5.74) is 2.84. The molecule has 188 valence electrons. The van der Waals surface area contributed by atoms with E-state index >= 15 is 0 Å². The number of rotatable bonds is 11. The number of aryl methyl sites for hydroxylation is 1. The summed E-state index contributed by atoms with van der Waals surface area (Å²) < 4.78 is 0. The van der Waals surface area contributed by atoms with E-state index in [-0.39, 0.29) is 29.0 Å². The lowest BCUT2D eigenvalue weighted by Gasteiger charge is -2.24. The first-order valence-electron chi connectivity index (χ1n) is 12.2. The van der Waals surface area contributed by atoms with Crippen LogP contribution >= 0.6 is 0 Å². The highest BCUT2D eigenvalue weighted by Crippen LogP contribution is 2.27. The lowest BCUT2D eigenvalue weighted by molar-refractivity contribution is -0.385. The van der Waals surface area contributed by atoms with Crippen molar-refractivity contribution in [2.75, 3.05) is 6.54 Å². The van der Waals surface area contributed by atoms with Gasteiger partial charge < -0.3 is 10.6 Å². The van der Waals surface area contributed by atoms with E-state index < -0.39 is 16.9 Å². The van der Waals surface area contributed by atoms with Gasteiger partial charge in [-0.15, -0.1) is 0 Å². The third kappa shape index (κ3) is 6.78. The summed E-state index contributed by atoms with van der Waals surface area (Å²) in [6, 6.07) is 23.9. The first-order chi connectivity index (χ1) is 17.3. The molecule has 0 aliphatic carbocycles. The fraction of sp³-hybridized carbons (Fsp3) is 0.310. The Hall–Kier alpha value is -4.00. The molecule has 2 N–H and O–H groups in total. The summed E-state index contributed by atoms with van der Waals surface area (Å²) in [4.78, 5) is 36.8. The minimum Gasteiger partial charge on any atom is -0.354 e. The molecule has 7 nitrogen and oxygen atoms in total. The molecule has 0 saturated carbocycles. The predicted molar refractivity (Wildman–Crippen MR) is 141 cm³/mol. The van der Waals surface area contributed by atoms with E-state index in [9.17, 15) is 19.7 Å². The van der Waals surface area contributed by atoms with Gasteiger partial charge in [-0.25, -0.2) is 0 Å². The van der Waals surface area contributed by atoms with Gasteiger partial charge in [0.15, 0.2) is 0 Å². The smallest absolute Gasteiger partial charge is 0.273 e. The highest BCUT2D eigenvalue weighted by molar-refractivity contribution is 5.98. The lowest BCUT2D eigenvalue weighted by Crippen LogP contribution is -2.50. The van der Waals surface area contributed by atoms with Crippen molar-refractivity contribution in [1.29, 1.82) is 0 Å². The molecule has 3 aromatic carbocycles. The Morgan fingerprint density at radius 2 is 1.53 bits per heavy atom. The van der Waals surface area contributed by atoms with Crippen LogP contribution in [0.2, 0.25) is 0 Å². The van der Waals surface area contributed by atoms with Crippen LogP contribution < -0.4 is 10.6 Å². The molecular weight excluding hydrogens is 454 g/mol. The highest BCUT2D eigenvalue weighted by atomic mass is 16.6. The topological polar surface area (TPSA) is 101 Å². The van der Waals surface area contributed by atoms with E-state index in [2.05, 4.69) is 34.9 Å². The van der Waals surface area contributed by atoms with Crippen LogP contribution in [0.1, 0.15) is 59.7 Å². The first-order valence-corrected chi connectivity index (χ1v) is 12.2. The van der Waals surface area contributed by atoms with Gasteiger partial charge in [-0.1, -0.05) is 87.0 Å². The van der Waals surface area contributed by atoms with E-state index in [1.54, 1.807) is 13.0 Å². The average Bonchev–Trinajstić information content (AvgIpc) is 2.90. The number of carbonyl (C=O) groups is 2. The zero-order chi connectivity index (χ0) is 26.1. The average molecular weight is 488 g/mol. The molecule has 2 amide bonds. The fourth-order valence-electron chi connectivity index (χ4n) is 4.22. The van der Waals surface area contributed by atoms with Gasteiger partial charge in [0.2, 0.25) is 5.91 Å². The van der Waals surface area contributed by atoms with E-state index in [0.29, 0.717) is 24.9 Å². The maximum Gasteiger partial charge on any atom is 0.273 e. The van der Waals surface area contributed by atoms with Crippen molar-refractivity contribution >= 4 is 17.5 Å². The molecule has 7 heteroatoms. The van der Waals surface area contributed by atoms with Crippen molar-refractivity contribution in [2.24, 2.45) is 5.92 Å². The third-order valence-electron chi connectivity index (χ3n) is 6.59. The predicted octanol–water partition coefficient (Wildman–Crippen LogP) is 5.39. The van der Waals surface area contributed by atoms with E-state index in [1.807, 2.05) is 50.2 Å². The molecule has 3 rings (SSSR count). The zero-order valence-electron chi connectivity index (χ0n) is 20.9. The second kappa shape index (κ2) is 12.6. The summed E-state index contributed by atoms with van der Waals surface area (Å²) in [5, 5.41) is 17.1. The number of nitro benzene ring substituents is 1. The molecule has 0 aliphatic rings. The Labute approximate surface area is 212 Å². The number of nitrogens with one attached hydrogen (secondary N) is 2. The van der Waals surface area contributed by atoms with Crippen LogP contribution in [0.3, 0.4) is 0 Å². The van der Waals surface area contributed by atoms with Gasteiger partial charge in [-0.2, -0.15) is 0 Å². The van der Waals surface area contributed by atoms with Crippen molar-refractivity contribution in [3.63, 3.8) is 0 Å². The molecule has 0 spiro atoms. The minimum atomic E-state index is -0.755. The Bertz CT molecular complexity index is 1140. The number of nitrogens with zero attached hydrogens (tertiary/aromatic N) is 1. The van der Waals surface area contributed by atoms with Gasteiger partial charge in [-0.05, 0) is 36.5 Å². The molecule has 0 radical (unpaired) electrons. The second-order valence-corrected chi connectivity index (χ2v) is 9.05. The maximum atomic E-state index is 13.2. The van der Waals surface area contributed by atoms with Gasteiger partial charge in [0.1, 0.15) is 6.04 Å². The van der Waals surface area contributed by atoms with E-state index in [0.717, 1.165) is 0 Å². The number of hydrogen-bond acceptors (Lipinski definition) is 4. The van der Waals surface area contributed by atoms with Crippen LogP contribution in [-0.4, -0.2) is 29.3 Å². The Kier molecular flexibility index (Phi) is 9.33. The normalized spacial score (nSPS) is 12.6. The number of amides is 2. The van der Waals surface area contributed by atoms with Crippen molar-refractivity contribution in [2.45, 2.75) is 45.6 Å². The fourth-order valence-corrected chi connectivity index (χ4v) is 4.22. The SMILES string of the molecule is CCC(C)C(NC(=O)c1ccc(C)c([N+](=O)[O-])c1)C(=O)NCCC(c1ccccc1)c1ccccc1. The van der Waals surface area contributed by atoms with Gasteiger partial charge >= 0.3 is 0 Å². The summed E-state index contributed by atoms with van der Waals surface area (Å²) in [7, 11) is 0. The van der Waals surface area contributed by atoms with Gasteiger partial charge in [0, 0.05) is 29.7 Å². The number of nitro groups is 1. The summed E-state index contributed by atoms with van der Waals surface area (Å²) in [6.45, 7) is 5.91. The largest absolute Gasteiger partial charge is 0.354 e. The maximum absolute atomic E-state index is 13.2. The van der Waals surface area contributed by atoms with Crippen molar-refractivity contribution in [1.82, 2.24) is 10.6 Å². The van der Waals surface area contributed by atoms with Crippen molar-refractivity contribution in [3.8, 4) is 0 Å². The van der Waals surface area contributed by atoms with E-state index in [4.69, 9.17) is 0 Å². The lowest BCUT2D eigenvalue weighted by atomic mass is 9.88. The van der Waals surface area contributed by atoms with Gasteiger partial charge in [0.25, 0.3) is 11.6 Å². The number of benzene rings is 3. The quantitative estimate of drug-likeness (QED) is 0.280. The standard InChI is InChI=1S/C29H33N3O4/c1-4-20(2)27(31-28(33)24-16-15-21(3)26(19-24)32(35)36)29(34)30-18-17-25(22-11-7-5-8-12-22)23-13-9-6-10-14-23/h5-16,19-20,25,27H,4,17-18H2,1-3H3,(H,30,34)(H,31,33). The Morgan fingerprint density at radius 3 is 2.06 bits per heavy atom. The second-order valence-electron chi connectivity index (χ2n) is 9.05. The molecule has 36 heavy (non-hydrogen) atoms. The van der Waals surface area contributed by atoms with Crippen molar-refractivity contribution < 1.29 is 14.5 Å². The van der Waals surface area contributed by atoms with Gasteiger partial charge in [0.05, 0.1) is 4.92 Å². The van der Waals surface area contributed by atoms with Crippen LogP contribution in [0.4, 0.5) is 5.69 Å². The highest BCUT2D eigenvalue weighted by Gasteiger charge is 2.27. The minimum absolute atomic E-state index is 0.117. The summed E-state index contributed by atoms with van der Waals surface area (Å²) in [5.74, 6) is -0.768. The molecule has 0 saturated heterocycles. The van der Waals surface area contributed by atoms with Crippen LogP contribution in [0.25, 0.3) is 0 Å². The molecule has 2 unspecified atom stereocenters. The zero-order valence-corrected chi connectivity index (χ0v) is 20.9. The molecule has 0 heterocycles. The Balaban J connectivity index is 1.70. The van der Waals surface area contributed by atoms with Crippen LogP contribution in [0.15, 0.2) is 78.9 Å². The molecule has 0 aliphatic heterocycles. The van der Waals surface area contributed by atoms with Crippen LogP contribution in [0.5, 0.6) is 0 Å². The summed E-state index contributed by atoms with van der Waals surface area (Å²) >= 11 is 0. The first kappa shape index (κ1) is 26.6. The molecule has 2 atom stereocenters. The van der Waals surface area contributed by atoms with E-state index in [1.165, 1.54) is 23.3 Å². The summed E-state index contributed by atoms with van der Waals surface area (Å²) in [6.07, 6.45) is 1.38. The Morgan fingerprint density at radius 1 is 0.944 bits per heavy atom. The monoisotopic (exact) mass is 487 g/mol. The molecule has 0 fully saturated rings. The van der Waals surface area contributed by atoms with Gasteiger partial charge in [-0.3, -0.25) is 19.7 Å². The molecular formula is C29H33N3O4. The number of carbonyl (C=O) groups excluding carboxylic acids is 2. The molecule has 3 aromatic rings. The number of hydrogen-bond donors (Lipinski definition) is 2. The molecule has 0 aromatic heterocycles. The van der Waals surface area contributed by atoms with Crippen molar-refractivity contribution in [3.05, 3.63) is 111 Å². The van der Waals surface area contributed by atoms with Crippen LogP contribution in [0, 0.1) is 23.0 Å². The third-order valence-corrected chi connectivity index (χ3v) is 6.59. The molecule has 0 bridgehead atoms.